The van der Waals surface area contributed by atoms with Crippen molar-refractivity contribution in [3.8, 4) is 0 Å². The lowest BCUT2D eigenvalue weighted by Crippen LogP contribution is -2.22. The summed E-state index contributed by atoms with van der Waals surface area (Å²) in [5.41, 5.74) is 6.16. The van der Waals surface area contributed by atoms with Gasteiger partial charge in [0.2, 0.25) is 0 Å². The second-order valence-electron chi connectivity index (χ2n) is 8.46. The second-order valence-corrected chi connectivity index (χ2v) is 8.46. The number of H-pyrrole nitrogens is 1. The first-order valence-electron chi connectivity index (χ1n) is 10.3. The smallest absolute Gasteiger partial charge is 0.124 e. The molecule has 0 saturated carbocycles. The van der Waals surface area contributed by atoms with Gasteiger partial charge < -0.3 is 10.4 Å². The zero-order valence-corrected chi connectivity index (χ0v) is 17.8. The molecule has 6 heteroatoms. The van der Waals surface area contributed by atoms with Crippen molar-refractivity contribution in [3.63, 3.8) is 0 Å². The minimum absolute atomic E-state index is 0.0382. The average Bonchev–Trinajstić information content (AvgIpc) is 3.15. The highest BCUT2D eigenvalue weighted by Gasteiger charge is 2.29. The Balaban J connectivity index is 0.000000187. The molecular formula is C24H31N5O. The molecule has 4 N–H and O–H groups in total. The Morgan fingerprint density at radius 3 is 2.73 bits per heavy atom. The molecule has 0 saturated heterocycles. The molecule has 1 aliphatic carbocycles. The minimum atomic E-state index is -0.0382. The lowest BCUT2D eigenvalue weighted by atomic mass is 9.76. The van der Waals surface area contributed by atoms with Crippen LogP contribution in [0.15, 0.2) is 54.2 Å². The van der Waals surface area contributed by atoms with Crippen LogP contribution in [0.25, 0.3) is 5.57 Å². The van der Waals surface area contributed by atoms with Gasteiger partial charge in [0.15, 0.2) is 0 Å². The molecule has 2 heterocycles. The number of benzene rings is 1. The Morgan fingerprint density at radius 1 is 1.33 bits per heavy atom. The number of nitrogens with one attached hydrogen (secondary N) is 3. The quantitative estimate of drug-likeness (QED) is 0.600. The second kappa shape index (κ2) is 9.67. The number of amidine groups is 1. The topological polar surface area (TPSA) is 97.2 Å². The highest BCUT2D eigenvalue weighted by Crippen LogP contribution is 2.36. The van der Waals surface area contributed by atoms with Gasteiger partial charge >= 0.3 is 0 Å². The van der Waals surface area contributed by atoms with Gasteiger partial charge in [0.1, 0.15) is 5.84 Å². The lowest BCUT2D eigenvalue weighted by Gasteiger charge is -2.29. The summed E-state index contributed by atoms with van der Waals surface area (Å²) in [7, 11) is 0. The van der Waals surface area contributed by atoms with Gasteiger partial charge in [-0.25, -0.2) is 4.99 Å². The number of allylic oxidation sites excluding steroid dienone is 1. The van der Waals surface area contributed by atoms with Gasteiger partial charge in [0.25, 0.3) is 0 Å². The molecule has 1 unspecified atom stereocenters. The lowest BCUT2D eigenvalue weighted by molar-refractivity contribution is 0.254. The molecule has 0 spiro atoms. The maximum Gasteiger partial charge on any atom is 0.124 e. The number of aromatic amines is 1. The van der Waals surface area contributed by atoms with E-state index in [0.717, 1.165) is 29.7 Å². The van der Waals surface area contributed by atoms with Crippen LogP contribution in [0.2, 0.25) is 0 Å². The Bertz CT molecular complexity index is 940. The molecule has 1 aliphatic heterocycles. The highest BCUT2D eigenvalue weighted by molar-refractivity contribution is 6.16. The van der Waals surface area contributed by atoms with Crippen LogP contribution in [0, 0.1) is 10.8 Å². The SMILES string of the molecule is C=CNC(CO)c1ccccc1.CC1(C)CCc2c(C3=CCC(=N)N=C3)n[nH]c2C1. The van der Waals surface area contributed by atoms with Gasteiger partial charge in [-0.3, -0.25) is 10.5 Å². The summed E-state index contributed by atoms with van der Waals surface area (Å²) in [5, 5.41) is 27.1. The van der Waals surface area contributed by atoms with E-state index in [0.29, 0.717) is 17.7 Å². The zero-order chi connectivity index (χ0) is 21.6. The number of aliphatic hydroxyl groups is 1. The first kappa shape index (κ1) is 21.7. The molecule has 6 nitrogen and oxygen atoms in total. The van der Waals surface area contributed by atoms with E-state index in [-0.39, 0.29) is 12.6 Å². The molecule has 158 valence electrons. The number of aliphatic imine (C=N–C) groups is 1. The Morgan fingerprint density at radius 2 is 2.10 bits per heavy atom. The molecule has 0 amide bonds. The van der Waals surface area contributed by atoms with Crippen molar-refractivity contribution in [1.82, 2.24) is 15.5 Å². The van der Waals surface area contributed by atoms with Gasteiger partial charge in [0.05, 0.1) is 18.3 Å². The van der Waals surface area contributed by atoms with Crippen molar-refractivity contribution in [2.75, 3.05) is 6.61 Å². The molecule has 2 aromatic rings. The molecule has 1 atom stereocenters. The number of hydrogen-bond acceptors (Lipinski definition) is 4. The number of dihydropyridines is 1. The van der Waals surface area contributed by atoms with Crippen LogP contribution in [0.4, 0.5) is 0 Å². The fourth-order valence-corrected chi connectivity index (χ4v) is 3.79. The molecule has 2 aliphatic rings. The third kappa shape index (κ3) is 5.33. The molecule has 0 bridgehead atoms. The molecule has 0 fully saturated rings. The summed E-state index contributed by atoms with van der Waals surface area (Å²) in [4.78, 5) is 4.08. The van der Waals surface area contributed by atoms with Crippen LogP contribution in [0.1, 0.15) is 55.2 Å². The number of aromatic nitrogens is 2. The van der Waals surface area contributed by atoms with Gasteiger partial charge in [-0.15, -0.1) is 0 Å². The Labute approximate surface area is 178 Å². The van der Waals surface area contributed by atoms with Crippen LogP contribution in [0.5, 0.6) is 0 Å². The summed E-state index contributed by atoms with van der Waals surface area (Å²) >= 11 is 0. The first-order chi connectivity index (χ1) is 14.4. The third-order valence-electron chi connectivity index (χ3n) is 5.51. The van der Waals surface area contributed by atoms with Crippen LogP contribution >= 0.6 is 0 Å². The number of aliphatic hydroxyl groups excluding tert-OH is 1. The fraction of sp³-hybridized carbons (Fsp3) is 0.375. The van der Waals surface area contributed by atoms with Crippen LogP contribution in [0.3, 0.4) is 0 Å². The first-order valence-corrected chi connectivity index (χ1v) is 10.3. The minimum Gasteiger partial charge on any atom is -0.394 e. The number of rotatable bonds is 5. The molecule has 1 aromatic carbocycles. The summed E-state index contributed by atoms with van der Waals surface area (Å²) in [5.74, 6) is 0.421. The largest absolute Gasteiger partial charge is 0.394 e. The molecule has 30 heavy (non-hydrogen) atoms. The zero-order valence-electron chi connectivity index (χ0n) is 17.8. The summed E-state index contributed by atoms with van der Waals surface area (Å²) in [6, 6.07) is 9.75. The van der Waals surface area contributed by atoms with E-state index in [9.17, 15) is 0 Å². The van der Waals surface area contributed by atoms with Crippen molar-refractivity contribution in [2.45, 2.75) is 45.6 Å². The molecule has 4 rings (SSSR count). The average molecular weight is 406 g/mol. The van der Waals surface area contributed by atoms with Crippen molar-refractivity contribution < 1.29 is 5.11 Å². The van der Waals surface area contributed by atoms with Crippen LogP contribution in [-0.4, -0.2) is 34.0 Å². The van der Waals surface area contributed by atoms with Crippen molar-refractivity contribution in [3.05, 3.63) is 71.7 Å². The van der Waals surface area contributed by atoms with E-state index in [1.807, 2.05) is 36.4 Å². The van der Waals surface area contributed by atoms with E-state index in [4.69, 9.17) is 10.5 Å². The number of hydrogen-bond donors (Lipinski definition) is 4. The summed E-state index contributed by atoms with van der Waals surface area (Å²) < 4.78 is 0. The summed E-state index contributed by atoms with van der Waals surface area (Å²) in [6.07, 6.45) is 9.36. The van der Waals surface area contributed by atoms with Crippen LogP contribution < -0.4 is 5.32 Å². The standard InChI is InChI=1S/C14H18N4.C10H13NO/c1-14(2)6-5-10-11(7-14)17-18-13(10)9-3-4-12(15)16-8-9;1-2-11-10(8-12)9-6-4-3-5-7-9/h3,8,15H,4-7H2,1-2H3,(H,17,18);2-7,10-12H,1,8H2. The van der Waals surface area contributed by atoms with Crippen molar-refractivity contribution in [2.24, 2.45) is 10.4 Å². The van der Waals surface area contributed by atoms with Crippen LogP contribution in [-0.2, 0) is 12.8 Å². The van der Waals surface area contributed by atoms with Gasteiger partial charge in [-0.1, -0.05) is 56.8 Å². The van der Waals surface area contributed by atoms with Gasteiger partial charge in [-0.2, -0.15) is 5.10 Å². The third-order valence-corrected chi connectivity index (χ3v) is 5.51. The van der Waals surface area contributed by atoms with E-state index in [1.165, 1.54) is 17.7 Å². The van der Waals surface area contributed by atoms with Crippen molar-refractivity contribution in [1.29, 1.82) is 5.41 Å². The predicted molar refractivity (Wildman–Crippen MR) is 123 cm³/mol. The molecule has 1 aromatic heterocycles. The molecule has 0 radical (unpaired) electrons. The van der Waals surface area contributed by atoms with E-state index >= 15 is 0 Å². The monoisotopic (exact) mass is 405 g/mol. The maximum absolute atomic E-state index is 9.00. The highest BCUT2D eigenvalue weighted by atomic mass is 16.3. The Hall–Kier alpha value is -2.99. The summed E-state index contributed by atoms with van der Waals surface area (Å²) in [6.45, 7) is 8.24. The normalized spacial score (nSPS) is 17.8. The van der Waals surface area contributed by atoms with Gasteiger partial charge in [-0.05, 0) is 36.4 Å². The maximum atomic E-state index is 9.00. The number of nitrogens with zero attached hydrogens (tertiary/aromatic N) is 2. The van der Waals surface area contributed by atoms with E-state index < -0.39 is 0 Å². The van der Waals surface area contributed by atoms with Crippen molar-refractivity contribution >= 4 is 17.6 Å². The van der Waals surface area contributed by atoms with E-state index in [1.54, 1.807) is 12.4 Å². The Kier molecular flexibility index (Phi) is 7.00. The molecular weight excluding hydrogens is 374 g/mol. The van der Waals surface area contributed by atoms with E-state index in [2.05, 4.69) is 40.9 Å². The predicted octanol–water partition coefficient (Wildman–Crippen LogP) is 4.21. The fourth-order valence-electron chi connectivity index (χ4n) is 3.79. The van der Waals surface area contributed by atoms with Gasteiger partial charge in [0, 0.05) is 29.5 Å². The number of fused-ring (bicyclic) bond motifs is 1.